The molecule has 1 aliphatic rings. The summed E-state index contributed by atoms with van der Waals surface area (Å²) in [4.78, 5) is 42.0. The summed E-state index contributed by atoms with van der Waals surface area (Å²) < 4.78 is 5.31. The van der Waals surface area contributed by atoms with Crippen molar-refractivity contribution in [3.05, 3.63) is 77.9 Å². The summed E-state index contributed by atoms with van der Waals surface area (Å²) in [5.41, 5.74) is 1.36. The minimum atomic E-state index is -1.27. The number of amides is 3. The Morgan fingerprint density at radius 1 is 1.03 bits per heavy atom. The number of aliphatic hydroxyl groups excluding tert-OH is 1. The molecule has 1 aliphatic carbocycles. The fraction of sp³-hybridized carbons (Fsp3) is 0.387. The summed E-state index contributed by atoms with van der Waals surface area (Å²) in [6, 6.07) is 18.5. The van der Waals surface area contributed by atoms with Crippen molar-refractivity contribution in [2.75, 3.05) is 11.9 Å². The number of carbonyl (C=O) groups is 3. The molecule has 8 nitrogen and oxygen atoms in total. The molecule has 0 saturated heterocycles. The predicted molar refractivity (Wildman–Crippen MR) is 151 cm³/mol. The van der Waals surface area contributed by atoms with Gasteiger partial charge in [0.25, 0.3) is 5.91 Å². The third-order valence-electron chi connectivity index (χ3n) is 6.88. The van der Waals surface area contributed by atoms with Crippen LogP contribution in [-0.2, 0) is 14.3 Å². The topological polar surface area (TPSA) is 108 Å². The van der Waals surface area contributed by atoms with Crippen molar-refractivity contribution in [3.63, 3.8) is 0 Å². The lowest BCUT2D eigenvalue weighted by Gasteiger charge is -2.35. The average molecular weight is 532 g/mol. The van der Waals surface area contributed by atoms with E-state index < -0.39 is 36.3 Å². The smallest absolute Gasteiger partial charge is 0.408 e. The number of hydrogen-bond acceptors (Lipinski definition) is 5. The first-order valence-corrected chi connectivity index (χ1v) is 13.3. The van der Waals surface area contributed by atoms with E-state index in [2.05, 4.69) is 10.6 Å². The Balaban J connectivity index is 1.69. The van der Waals surface area contributed by atoms with E-state index in [1.165, 1.54) is 4.90 Å². The van der Waals surface area contributed by atoms with E-state index >= 15 is 0 Å². The lowest BCUT2D eigenvalue weighted by Crippen LogP contribution is -2.54. The number of nitrogens with one attached hydrogen (secondary N) is 2. The normalized spacial score (nSPS) is 18.1. The van der Waals surface area contributed by atoms with E-state index in [4.69, 9.17) is 4.74 Å². The molecular formula is C31H37N3O5. The zero-order chi connectivity index (χ0) is 28.3. The van der Waals surface area contributed by atoms with Crippen LogP contribution in [0.1, 0.15) is 51.3 Å². The van der Waals surface area contributed by atoms with Gasteiger partial charge in [0.1, 0.15) is 17.7 Å². The van der Waals surface area contributed by atoms with Gasteiger partial charge in [-0.2, -0.15) is 0 Å². The van der Waals surface area contributed by atoms with E-state index in [0.717, 1.165) is 16.3 Å². The molecule has 4 atom stereocenters. The van der Waals surface area contributed by atoms with Crippen molar-refractivity contribution in [2.45, 2.75) is 64.8 Å². The van der Waals surface area contributed by atoms with Crippen LogP contribution in [0.25, 0.3) is 10.8 Å². The second kappa shape index (κ2) is 11.5. The number of anilines is 1. The Morgan fingerprint density at radius 2 is 1.67 bits per heavy atom. The van der Waals surface area contributed by atoms with Crippen molar-refractivity contribution in [1.29, 1.82) is 0 Å². The third-order valence-corrected chi connectivity index (χ3v) is 6.88. The van der Waals surface area contributed by atoms with E-state index in [0.29, 0.717) is 17.7 Å². The summed E-state index contributed by atoms with van der Waals surface area (Å²) in [6.07, 6.45) is -0.103. The highest BCUT2D eigenvalue weighted by Gasteiger charge is 2.48. The molecule has 4 unspecified atom stereocenters. The van der Waals surface area contributed by atoms with Crippen molar-refractivity contribution in [1.82, 2.24) is 10.2 Å². The number of rotatable bonds is 8. The van der Waals surface area contributed by atoms with Crippen LogP contribution >= 0.6 is 0 Å². The summed E-state index contributed by atoms with van der Waals surface area (Å²) >= 11 is 0. The van der Waals surface area contributed by atoms with Crippen LogP contribution in [-0.4, -0.2) is 52.2 Å². The number of carbonyl (C=O) groups excluding carboxylic acids is 3. The van der Waals surface area contributed by atoms with Gasteiger partial charge in [0.05, 0.1) is 6.61 Å². The SMILES string of the molecule is Cc1ccccc1C(C(=O)Nc1ccc2ccccc2c1)N(C(=O)C(CO)NC(=O)OC(C)(C)C)C1CC1C. The second-order valence-corrected chi connectivity index (χ2v) is 11.2. The summed E-state index contributed by atoms with van der Waals surface area (Å²) in [6.45, 7) is 8.41. The van der Waals surface area contributed by atoms with Gasteiger partial charge < -0.3 is 25.4 Å². The maximum absolute atomic E-state index is 14.0. The van der Waals surface area contributed by atoms with Gasteiger partial charge in [0, 0.05) is 11.7 Å². The average Bonchev–Trinajstić information content (AvgIpc) is 3.60. The fourth-order valence-electron chi connectivity index (χ4n) is 4.78. The number of nitrogens with zero attached hydrogens (tertiary/aromatic N) is 1. The molecule has 39 heavy (non-hydrogen) atoms. The highest BCUT2D eigenvalue weighted by atomic mass is 16.6. The van der Waals surface area contributed by atoms with Crippen LogP contribution in [0.4, 0.5) is 10.5 Å². The van der Waals surface area contributed by atoms with Gasteiger partial charge in [-0.1, -0.05) is 61.5 Å². The van der Waals surface area contributed by atoms with Crippen LogP contribution in [0.5, 0.6) is 0 Å². The van der Waals surface area contributed by atoms with Crippen molar-refractivity contribution in [3.8, 4) is 0 Å². The van der Waals surface area contributed by atoms with E-state index in [-0.39, 0.29) is 17.9 Å². The molecule has 3 N–H and O–H groups in total. The third kappa shape index (κ3) is 6.75. The van der Waals surface area contributed by atoms with Crippen LogP contribution in [0.15, 0.2) is 66.7 Å². The summed E-state index contributed by atoms with van der Waals surface area (Å²) in [5, 5.41) is 17.7. The summed E-state index contributed by atoms with van der Waals surface area (Å²) in [7, 11) is 0. The fourth-order valence-corrected chi connectivity index (χ4v) is 4.78. The molecule has 8 heteroatoms. The Kier molecular flexibility index (Phi) is 8.25. The first-order valence-electron chi connectivity index (χ1n) is 13.3. The highest BCUT2D eigenvalue weighted by Crippen LogP contribution is 2.41. The number of alkyl carbamates (subject to hydrolysis) is 1. The first kappa shape index (κ1) is 28.1. The number of fused-ring (bicyclic) bond motifs is 1. The molecular weight excluding hydrogens is 494 g/mol. The Hall–Kier alpha value is -3.91. The molecule has 4 rings (SSSR count). The Morgan fingerprint density at radius 3 is 2.28 bits per heavy atom. The van der Waals surface area contributed by atoms with Gasteiger partial charge in [-0.15, -0.1) is 0 Å². The van der Waals surface area contributed by atoms with E-state index in [1.54, 1.807) is 20.8 Å². The number of ether oxygens (including phenoxy) is 1. The van der Waals surface area contributed by atoms with Crippen molar-refractivity contribution >= 4 is 34.4 Å². The molecule has 0 radical (unpaired) electrons. The zero-order valence-corrected chi connectivity index (χ0v) is 23.1. The number of aliphatic hydroxyl groups is 1. The second-order valence-electron chi connectivity index (χ2n) is 11.2. The largest absolute Gasteiger partial charge is 0.444 e. The van der Waals surface area contributed by atoms with Gasteiger partial charge in [-0.3, -0.25) is 9.59 Å². The number of benzene rings is 3. The predicted octanol–water partition coefficient (Wildman–Crippen LogP) is 4.95. The van der Waals surface area contributed by atoms with Crippen LogP contribution in [0, 0.1) is 12.8 Å². The molecule has 3 amide bonds. The molecule has 0 bridgehead atoms. The van der Waals surface area contributed by atoms with Gasteiger partial charge in [-0.05, 0) is 74.1 Å². The first-order chi connectivity index (χ1) is 18.5. The molecule has 206 valence electrons. The monoisotopic (exact) mass is 531 g/mol. The van der Waals surface area contributed by atoms with Gasteiger partial charge in [0.2, 0.25) is 5.91 Å². The maximum atomic E-state index is 14.0. The molecule has 1 fully saturated rings. The lowest BCUT2D eigenvalue weighted by atomic mass is 9.97. The standard InChI is InChI=1S/C31H37N3O5/c1-19-10-6-9-13-24(19)27(28(36)32-23-15-14-21-11-7-8-12-22(21)17-23)34(26-16-20(26)2)29(37)25(18-35)33-30(38)39-31(3,4)5/h6-15,17,20,25-27,35H,16,18H2,1-5H3,(H,32,36)(H,33,38). The van der Waals surface area contributed by atoms with Crippen LogP contribution in [0.3, 0.4) is 0 Å². The lowest BCUT2D eigenvalue weighted by molar-refractivity contribution is -0.142. The van der Waals surface area contributed by atoms with Gasteiger partial charge in [-0.25, -0.2) is 4.79 Å². The minimum absolute atomic E-state index is 0.162. The molecule has 0 spiro atoms. The van der Waals surface area contributed by atoms with Crippen molar-refractivity contribution < 1.29 is 24.2 Å². The van der Waals surface area contributed by atoms with E-state index in [1.807, 2.05) is 80.6 Å². The van der Waals surface area contributed by atoms with Gasteiger partial charge in [0.15, 0.2) is 0 Å². The molecule has 3 aromatic carbocycles. The Labute approximate surface area is 229 Å². The molecule has 3 aromatic rings. The quantitative estimate of drug-likeness (QED) is 0.381. The number of aryl methyl sites for hydroxylation is 1. The zero-order valence-electron chi connectivity index (χ0n) is 23.1. The molecule has 0 heterocycles. The van der Waals surface area contributed by atoms with Crippen LogP contribution in [0.2, 0.25) is 0 Å². The summed E-state index contributed by atoms with van der Waals surface area (Å²) in [5.74, 6) is -0.754. The van der Waals surface area contributed by atoms with Gasteiger partial charge >= 0.3 is 6.09 Å². The Bertz CT molecular complexity index is 1370. The van der Waals surface area contributed by atoms with E-state index in [9.17, 15) is 19.5 Å². The number of hydrogen-bond donors (Lipinski definition) is 3. The highest BCUT2D eigenvalue weighted by molar-refractivity contribution is 6.00. The molecule has 0 aliphatic heterocycles. The van der Waals surface area contributed by atoms with Crippen LogP contribution < -0.4 is 10.6 Å². The minimum Gasteiger partial charge on any atom is -0.444 e. The molecule has 0 aromatic heterocycles. The molecule has 1 saturated carbocycles. The maximum Gasteiger partial charge on any atom is 0.408 e. The van der Waals surface area contributed by atoms with Crippen molar-refractivity contribution in [2.24, 2.45) is 5.92 Å².